The maximum Gasteiger partial charge on any atom is 0.123 e. The van der Waals surface area contributed by atoms with Crippen molar-refractivity contribution in [2.75, 3.05) is 0 Å². The molecule has 0 bridgehead atoms. The third-order valence-corrected chi connectivity index (χ3v) is 4.43. The number of aromatic nitrogens is 4. The number of hydrogen-bond donors (Lipinski definition) is 1. The third kappa shape index (κ3) is 3.23. The highest BCUT2D eigenvalue weighted by Crippen LogP contribution is 2.31. The molecule has 1 aliphatic carbocycles. The summed E-state index contributed by atoms with van der Waals surface area (Å²) in [6.07, 6.45) is 8.34. The van der Waals surface area contributed by atoms with Crippen LogP contribution in [0.1, 0.15) is 24.0 Å². The van der Waals surface area contributed by atoms with Gasteiger partial charge < -0.3 is 0 Å². The predicted octanol–water partition coefficient (Wildman–Crippen LogP) is 3.11. The summed E-state index contributed by atoms with van der Waals surface area (Å²) in [5, 5.41) is 11.5. The molecular formula is C18H20FN5. The number of nitrogens with one attached hydrogen (secondary N) is 1. The maximum absolute atomic E-state index is 13.2. The highest BCUT2D eigenvalue weighted by Gasteiger charge is 2.30. The minimum absolute atomic E-state index is 0.226. The summed E-state index contributed by atoms with van der Waals surface area (Å²) in [5.41, 5.74) is 4.28. The van der Waals surface area contributed by atoms with Gasteiger partial charge in [-0.2, -0.15) is 10.2 Å². The molecule has 1 saturated carbocycles. The first-order chi connectivity index (χ1) is 11.7. The van der Waals surface area contributed by atoms with Gasteiger partial charge >= 0.3 is 0 Å². The van der Waals surface area contributed by atoms with E-state index < -0.39 is 0 Å². The van der Waals surface area contributed by atoms with Crippen LogP contribution >= 0.6 is 0 Å². The molecule has 0 atom stereocenters. The second-order valence-electron chi connectivity index (χ2n) is 6.44. The Morgan fingerprint density at radius 3 is 2.67 bits per heavy atom. The molecule has 1 aromatic carbocycles. The Kier molecular flexibility index (Phi) is 3.90. The van der Waals surface area contributed by atoms with Crippen LogP contribution in [-0.4, -0.2) is 30.9 Å². The van der Waals surface area contributed by atoms with Crippen LogP contribution in [0.15, 0.2) is 42.9 Å². The first kappa shape index (κ1) is 15.1. The quantitative estimate of drug-likeness (QED) is 0.757. The zero-order valence-electron chi connectivity index (χ0n) is 13.6. The van der Waals surface area contributed by atoms with Gasteiger partial charge in [-0.25, -0.2) is 4.39 Å². The third-order valence-electron chi connectivity index (χ3n) is 4.43. The lowest BCUT2D eigenvalue weighted by atomic mass is 10.1. The van der Waals surface area contributed by atoms with Crippen LogP contribution in [0.2, 0.25) is 0 Å². The SMILES string of the molecule is Cn1cc(CN(Cc2cn[nH]c2-c2ccc(F)cc2)C2CC2)cn1. The van der Waals surface area contributed by atoms with Gasteiger partial charge in [0.25, 0.3) is 0 Å². The minimum atomic E-state index is -0.226. The van der Waals surface area contributed by atoms with E-state index >= 15 is 0 Å². The Morgan fingerprint density at radius 1 is 1.21 bits per heavy atom. The molecule has 0 spiro atoms. The molecule has 0 aliphatic heterocycles. The molecule has 2 aromatic heterocycles. The van der Waals surface area contributed by atoms with Crippen LogP contribution in [0.25, 0.3) is 11.3 Å². The van der Waals surface area contributed by atoms with E-state index in [2.05, 4.69) is 26.4 Å². The predicted molar refractivity (Wildman–Crippen MR) is 89.5 cm³/mol. The minimum Gasteiger partial charge on any atom is -0.292 e. The zero-order chi connectivity index (χ0) is 16.5. The van der Waals surface area contributed by atoms with Gasteiger partial charge in [-0.1, -0.05) is 0 Å². The molecular weight excluding hydrogens is 305 g/mol. The van der Waals surface area contributed by atoms with Crippen LogP contribution in [-0.2, 0) is 20.1 Å². The Balaban J connectivity index is 1.55. The van der Waals surface area contributed by atoms with E-state index in [9.17, 15) is 4.39 Å². The first-order valence-corrected chi connectivity index (χ1v) is 8.19. The summed E-state index contributed by atoms with van der Waals surface area (Å²) in [4.78, 5) is 2.47. The van der Waals surface area contributed by atoms with Gasteiger partial charge in [0.15, 0.2) is 0 Å². The van der Waals surface area contributed by atoms with Crippen molar-refractivity contribution in [1.82, 2.24) is 24.9 Å². The smallest absolute Gasteiger partial charge is 0.123 e. The normalized spacial score (nSPS) is 14.5. The van der Waals surface area contributed by atoms with Crippen molar-refractivity contribution in [2.45, 2.75) is 32.0 Å². The van der Waals surface area contributed by atoms with E-state index in [0.717, 1.165) is 29.9 Å². The van der Waals surface area contributed by atoms with Crippen molar-refractivity contribution in [3.05, 3.63) is 59.8 Å². The topological polar surface area (TPSA) is 49.7 Å². The molecule has 1 N–H and O–H groups in total. The molecule has 0 radical (unpaired) electrons. The molecule has 3 aromatic rings. The maximum atomic E-state index is 13.2. The average Bonchev–Trinajstić information content (AvgIpc) is 3.19. The Hall–Kier alpha value is -2.47. The summed E-state index contributed by atoms with van der Waals surface area (Å²) in [6.45, 7) is 1.70. The molecule has 1 fully saturated rings. The molecule has 0 unspecified atom stereocenters. The van der Waals surface area contributed by atoms with E-state index in [1.807, 2.05) is 24.1 Å². The molecule has 124 valence electrons. The summed E-state index contributed by atoms with van der Waals surface area (Å²) >= 11 is 0. The summed E-state index contributed by atoms with van der Waals surface area (Å²) in [7, 11) is 1.94. The van der Waals surface area contributed by atoms with Crippen LogP contribution < -0.4 is 0 Å². The lowest BCUT2D eigenvalue weighted by Crippen LogP contribution is -2.25. The van der Waals surface area contributed by atoms with Crippen LogP contribution in [0.5, 0.6) is 0 Å². The van der Waals surface area contributed by atoms with E-state index in [1.165, 1.54) is 30.5 Å². The molecule has 6 heteroatoms. The Bertz CT molecular complexity index is 816. The van der Waals surface area contributed by atoms with Crippen molar-refractivity contribution in [3.63, 3.8) is 0 Å². The summed E-state index contributed by atoms with van der Waals surface area (Å²) in [6, 6.07) is 7.16. The average molecular weight is 325 g/mol. The fourth-order valence-corrected chi connectivity index (χ4v) is 3.06. The van der Waals surface area contributed by atoms with Crippen molar-refractivity contribution in [1.29, 1.82) is 0 Å². The Labute approximate surface area is 140 Å². The van der Waals surface area contributed by atoms with Gasteiger partial charge in [0.2, 0.25) is 0 Å². The van der Waals surface area contributed by atoms with Gasteiger partial charge in [-0.05, 0) is 37.1 Å². The molecule has 1 aliphatic rings. The van der Waals surface area contributed by atoms with Gasteiger partial charge in [0.1, 0.15) is 5.82 Å². The fraction of sp³-hybridized carbons (Fsp3) is 0.333. The van der Waals surface area contributed by atoms with Gasteiger partial charge in [-0.15, -0.1) is 0 Å². The van der Waals surface area contributed by atoms with Crippen molar-refractivity contribution >= 4 is 0 Å². The monoisotopic (exact) mass is 325 g/mol. The number of nitrogens with zero attached hydrogens (tertiary/aromatic N) is 4. The lowest BCUT2D eigenvalue weighted by Gasteiger charge is -2.21. The number of benzene rings is 1. The van der Waals surface area contributed by atoms with Crippen molar-refractivity contribution in [2.24, 2.45) is 7.05 Å². The van der Waals surface area contributed by atoms with Crippen molar-refractivity contribution < 1.29 is 4.39 Å². The van der Waals surface area contributed by atoms with E-state index in [4.69, 9.17) is 0 Å². The zero-order valence-corrected chi connectivity index (χ0v) is 13.6. The number of aryl methyl sites for hydroxylation is 1. The number of rotatable bonds is 6. The second kappa shape index (κ2) is 6.20. The number of halogens is 1. The van der Waals surface area contributed by atoms with Crippen LogP contribution in [0.4, 0.5) is 4.39 Å². The van der Waals surface area contributed by atoms with E-state index in [0.29, 0.717) is 6.04 Å². The van der Waals surface area contributed by atoms with E-state index in [-0.39, 0.29) is 5.82 Å². The lowest BCUT2D eigenvalue weighted by molar-refractivity contribution is 0.246. The highest BCUT2D eigenvalue weighted by atomic mass is 19.1. The fourth-order valence-electron chi connectivity index (χ4n) is 3.06. The second-order valence-corrected chi connectivity index (χ2v) is 6.44. The molecule has 5 nitrogen and oxygen atoms in total. The van der Waals surface area contributed by atoms with Gasteiger partial charge in [0, 0.05) is 49.1 Å². The van der Waals surface area contributed by atoms with Gasteiger partial charge in [0.05, 0.1) is 18.1 Å². The van der Waals surface area contributed by atoms with Crippen LogP contribution in [0, 0.1) is 5.82 Å². The number of aromatic amines is 1. The molecule has 0 amide bonds. The molecule has 2 heterocycles. The first-order valence-electron chi connectivity index (χ1n) is 8.19. The Morgan fingerprint density at radius 2 is 2.00 bits per heavy atom. The van der Waals surface area contributed by atoms with Crippen LogP contribution in [0.3, 0.4) is 0 Å². The molecule has 0 saturated heterocycles. The summed E-state index contributed by atoms with van der Waals surface area (Å²) in [5.74, 6) is -0.226. The van der Waals surface area contributed by atoms with Gasteiger partial charge in [-0.3, -0.25) is 14.7 Å². The number of H-pyrrole nitrogens is 1. The number of hydrogen-bond acceptors (Lipinski definition) is 3. The standard InChI is InChI=1S/C18H20FN5/c1-23-10-13(8-21-23)11-24(17-6-7-17)12-15-9-20-22-18(15)14-2-4-16(19)5-3-14/h2-5,8-10,17H,6-7,11-12H2,1H3,(H,20,22). The summed E-state index contributed by atoms with van der Waals surface area (Å²) < 4.78 is 15.0. The largest absolute Gasteiger partial charge is 0.292 e. The van der Waals surface area contributed by atoms with Crippen molar-refractivity contribution in [3.8, 4) is 11.3 Å². The molecule has 4 rings (SSSR count). The van der Waals surface area contributed by atoms with E-state index in [1.54, 1.807) is 12.1 Å². The highest BCUT2D eigenvalue weighted by molar-refractivity contribution is 5.62. The molecule has 24 heavy (non-hydrogen) atoms.